The number of nitrogens with one attached hydrogen (secondary N) is 1. The molecule has 0 saturated carbocycles. The van der Waals surface area contributed by atoms with Crippen LogP contribution in [0.4, 0.5) is 5.69 Å². The minimum atomic E-state index is -0.421. The van der Waals surface area contributed by atoms with E-state index in [0.717, 1.165) is 0 Å². The molecule has 1 atom stereocenters. The fourth-order valence-electron chi connectivity index (χ4n) is 1.53. The number of amides is 1. The Balaban J connectivity index is 2.01. The molecule has 2 aromatic rings. The first kappa shape index (κ1) is 17.1. The first-order chi connectivity index (χ1) is 10.4. The van der Waals surface area contributed by atoms with Gasteiger partial charge in [0.2, 0.25) is 11.8 Å². The van der Waals surface area contributed by atoms with E-state index in [1.165, 1.54) is 11.8 Å². The van der Waals surface area contributed by atoms with Crippen LogP contribution in [0.3, 0.4) is 0 Å². The summed E-state index contributed by atoms with van der Waals surface area (Å²) in [6, 6.07) is 4.89. The molecule has 22 heavy (non-hydrogen) atoms. The Labute approximate surface area is 142 Å². The highest BCUT2D eigenvalue weighted by Crippen LogP contribution is 2.28. The molecule has 1 amide bonds. The molecule has 0 radical (unpaired) electrons. The molecule has 1 N–H and O–H groups in total. The molecular formula is C14H15Cl2N3O2S. The lowest BCUT2D eigenvalue weighted by molar-refractivity contribution is -0.115. The molecule has 118 valence electrons. The zero-order valence-electron chi connectivity index (χ0n) is 12.3. The molecule has 0 spiro atoms. The fraction of sp³-hybridized carbons (Fsp3) is 0.357. The van der Waals surface area contributed by atoms with Crippen molar-refractivity contribution in [1.82, 2.24) is 10.2 Å². The van der Waals surface area contributed by atoms with Crippen LogP contribution in [0.2, 0.25) is 10.0 Å². The number of hydrogen-bond donors (Lipinski definition) is 1. The van der Waals surface area contributed by atoms with Crippen LogP contribution in [0, 0.1) is 0 Å². The summed E-state index contributed by atoms with van der Waals surface area (Å²) in [4.78, 5) is 12.2. The van der Waals surface area contributed by atoms with Crippen LogP contribution in [0.25, 0.3) is 0 Å². The molecule has 1 aromatic heterocycles. The Kier molecular flexibility index (Phi) is 5.72. The standard InChI is InChI=1S/C14H15Cl2N3O2S/c1-7(2)13-18-19-14(21-13)22-8(3)12(20)17-11-6-9(15)4-5-10(11)16/h4-8H,1-3H3,(H,17,20). The minimum Gasteiger partial charge on any atom is -0.416 e. The zero-order chi connectivity index (χ0) is 16.3. The average Bonchev–Trinajstić information content (AvgIpc) is 2.91. The molecule has 1 aromatic carbocycles. The van der Waals surface area contributed by atoms with Crippen LogP contribution in [0.5, 0.6) is 0 Å². The lowest BCUT2D eigenvalue weighted by Crippen LogP contribution is -2.22. The summed E-state index contributed by atoms with van der Waals surface area (Å²) in [5.74, 6) is 0.475. The highest BCUT2D eigenvalue weighted by molar-refractivity contribution is 8.00. The molecule has 1 unspecified atom stereocenters. The Morgan fingerprint density at radius 2 is 2.00 bits per heavy atom. The molecule has 0 fully saturated rings. The maximum Gasteiger partial charge on any atom is 0.277 e. The number of thioether (sulfide) groups is 1. The molecule has 2 rings (SSSR count). The number of carbonyl (C=O) groups excluding carboxylic acids is 1. The van der Waals surface area contributed by atoms with E-state index >= 15 is 0 Å². The van der Waals surface area contributed by atoms with Crippen molar-refractivity contribution >= 4 is 46.6 Å². The normalized spacial score (nSPS) is 12.5. The zero-order valence-corrected chi connectivity index (χ0v) is 14.6. The average molecular weight is 360 g/mol. The second-order valence-corrected chi connectivity index (χ2v) is 7.07. The lowest BCUT2D eigenvalue weighted by Gasteiger charge is -2.11. The highest BCUT2D eigenvalue weighted by Gasteiger charge is 2.20. The van der Waals surface area contributed by atoms with Gasteiger partial charge in [-0.05, 0) is 25.1 Å². The van der Waals surface area contributed by atoms with Gasteiger partial charge in [0.15, 0.2) is 0 Å². The van der Waals surface area contributed by atoms with Gasteiger partial charge in [-0.2, -0.15) is 0 Å². The van der Waals surface area contributed by atoms with Gasteiger partial charge in [0.05, 0.1) is 16.0 Å². The summed E-state index contributed by atoms with van der Waals surface area (Å²) >= 11 is 13.1. The van der Waals surface area contributed by atoms with Crippen LogP contribution >= 0.6 is 35.0 Å². The minimum absolute atomic E-state index is 0.149. The smallest absolute Gasteiger partial charge is 0.277 e. The molecule has 0 bridgehead atoms. The highest BCUT2D eigenvalue weighted by atomic mass is 35.5. The molecule has 0 aliphatic rings. The number of halogens is 2. The third-order valence-electron chi connectivity index (χ3n) is 2.75. The van der Waals surface area contributed by atoms with Crippen molar-refractivity contribution in [1.29, 1.82) is 0 Å². The first-order valence-corrected chi connectivity index (χ1v) is 8.26. The predicted octanol–water partition coefficient (Wildman–Crippen LogP) is 4.62. The van der Waals surface area contributed by atoms with Gasteiger partial charge in [-0.15, -0.1) is 10.2 Å². The number of anilines is 1. The summed E-state index contributed by atoms with van der Waals surface area (Å²) < 4.78 is 5.47. The van der Waals surface area contributed by atoms with Crippen LogP contribution in [0.15, 0.2) is 27.8 Å². The molecule has 0 saturated heterocycles. The second kappa shape index (κ2) is 7.35. The molecule has 5 nitrogen and oxygen atoms in total. The van der Waals surface area contributed by atoms with E-state index in [-0.39, 0.29) is 11.8 Å². The van der Waals surface area contributed by atoms with Gasteiger partial charge in [0.25, 0.3) is 5.22 Å². The molecular weight excluding hydrogens is 345 g/mol. The number of carbonyl (C=O) groups is 1. The largest absolute Gasteiger partial charge is 0.416 e. The van der Waals surface area contributed by atoms with E-state index in [9.17, 15) is 4.79 Å². The van der Waals surface area contributed by atoms with Gasteiger partial charge in [-0.25, -0.2) is 0 Å². The van der Waals surface area contributed by atoms with E-state index in [1.807, 2.05) is 13.8 Å². The number of rotatable bonds is 5. The van der Waals surface area contributed by atoms with Gasteiger partial charge in [0.1, 0.15) is 0 Å². The van der Waals surface area contributed by atoms with Crippen molar-refractivity contribution < 1.29 is 9.21 Å². The van der Waals surface area contributed by atoms with E-state index < -0.39 is 5.25 Å². The van der Waals surface area contributed by atoms with Crippen molar-refractivity contribution in [2.24, 2.45) is 0 Å². The third-order valence-corrected chi connectivity index (χ3v) is 4.25. The fourth-order valence-corrected chi connectivity index (χ4v) is 2.56. The third kappa shape index (κ3) is 4.38. The molecule has 0 aliphatic heterocycles. The Morgan fingerprint density at radius 3 is 2.64 bits per heavy atom. The van der Waals surface area contributed by atoms with Gasteiger partial charge in [-0.3, -0.25) is 4.79 Å². The lowest BCUT2D eigenvalue weighted by atomic mass is 10.2. The predicted molar refractivity (Wildman–Crippen MR) is 88.8 cm³/mol. The van der Waals surface area contributed by atoms with Gasteiger partial charge >= 0.3 is 0 Å². The van der Waals surface area contributed by atoms with Crippen molar-refractivity contribution in [2.45, 2.75) is 37.2 Å². The van der Waals surface area contributed by atoms with E-state index in [1.54, 1.807) is 25.1 Å². The summed E-state index contributed by atoms with van der Waals surface area (Å²) in [6.45, 7) is 5.66. The maximum absolute atomic E-state index is 12.2. The Bertz CT molecular complexity index is 676. The number of nitrogens with zero attached hydrogens (tertiary/aromatic N) is 2. The SMILES string of the molecule is CC(Sc1nnc(C(C)C)o1)C(=O)Nc1cc(Cl)ccc1Cl. The monoisotopic (exact) mass is 359 g/mol. The van der Waals surface area contributed by atoms with E-state index in [2.05, 4.69) is 15.5 Å². The second-order valence-electron chi connectivity index (χ2n) is 4.93. The van der Waals surface area contributed by atoms with Crippen LogP contribution in [-0.2, 0) is 4.79 Å². The summed E-state index contributed by atoms with van der Waals surface area (Å²) in [5.41, 5.74) is 0.472. The van der Waals surface area contributed by atoms with Gasteiger partial charge in [-0.1, -0.05) is 48.8 Å². The van der Waals surface area contributed by atoms with E-state index in [4.69, 9.17) is 27.6 Å². The quantitative estimate of drug-likeness (QED) is 0.788. The Morgan fingerprint density at radius 1 is 1.27 bits per heavy atom. The summed E-state index contributed by atoms with van der Waals surface area (Å²) in [6.07, 6.45) is 0. The van der Waals surface area contributed by atoms with Crippen LogP contribution in [-0.4, -0.2) is 21.4 Å². The molecule has 0 aliphatic carbocycles. The van der Waals surface area contributed by atoms with Crippen molar-refractivity contribution in [3.8, 4) is 0 Å². The van der Waals surface area contributed by atoms with E-state index in [0.29, 0.717) is 26.8 Å². The van der Waals surface area contributed by atoms with Crippen LogP contribution in [0.1, 0.15) is 32.6 Å². The number of aromatic nitrogens is 2. The van der Waals surface area contributed by atoms with Crippen molar-refractivity contribution in [3.05, 3.63) is 34.1 Å². The summed E-state index contributed by atoms with van der Waals surface area (Å²) in [5, 5.41) is 11.5. The van der Waals surface area contributed by atoms with Gasteiger partial charge < -0.3 is 9.73 Å². The number of hydrogen-bond acceptors (Lipinski definition) is 5. The number of benzene rings is 1. The van der Waals surface area contributed by atoms with Crippen molar-refractivity contribution in [3.63, 3.8) is 0 Å². The maximum atomic E-state index is 12.2. The molecule has 8 heteroatoms. The topological polar surface area (TPSA) is 68.0 Å². The Hall–Kier alpha value is -1.24. The van der Waals surface area contributed by atoms with Crippen LogP contribution < -0.4 is 5.32 Å². The first-order valence-electron chi connectivity index (χ1n) is 6.62. The molecule has 1 heterocycles. The van der Waals surface area contributed by atoms with Crippen molar-refractivity contribution in [2.75, 3.05) is 5.32 Å². The summed E-state index contributed by atoms with van der Waals surface area (Å²) in [7, 11) is 0. The van der Waals surface area contributed by atoms with Gasteiger partial charge in [0, 0.05) is 10.9 Å².